The minimum atomic E-state index is -0.337. The minimum absolute atomic E-state index is 0.0381. The van der Waals surface area contributed by atoms with Crippen molar-refractivity contribution >= 4 is 29.2 Å². The van der Waals surface area contributed by atoms with Gasteiger partial charge in [-0.05, 0) is 60.4 Å². The number of nitrogens with one attached hydrogen (secondary N) is 1. The molecule has 0 spiro atoms. The van der Waals surface area contributed by atoms with Crippen LogP contribution in [0.15, 0.2) is 66.9 Å². The molecule has 0 aliphatic rings. The maximum atomic E-state index is 13.6. The van der Waals surface area contributed by atoms with E-state index in [1.807, 2.05) is 47.5 Å². The molecule has 1 heterocycles. The second-order valence-electron chi connectivity index (χ2n) is 9.81. The summed E-state index contributed by atoms with van der Waals surface area (Å²) in [6.45, 7) is 6.61. The number of urea groups is 1. The smallest absolute Gasteiger partial charge is 0.322 e. The van der Waals surface area contributed by atoms with Crippen LogP contribution in [0.2, 0.25) is 5.02 Å². The molecule has 0 saturated heterocycles. The summed E-state index contributed by atoms with van der Waals surface area (Å²) in [6.07, 6.45) is 2.61. The first-order valence-electron chi connectivity index (χ1n) is 13.1. The Labute approximate surface area is 236 Å². The normalized spacial score (nSPS) is 10.9. The van der Waals surface area contributed by atoms with Crippen LogP contribution in [0.3, 0.4) is 0 Å². The monoisotopic (exact) mass is 554 g/mol. The van der Waals surface area contributed by atoms with Gasteiger partial charge in [-0.3, -0.25) is 4.79 Å². The number of hydrogen-bond donors (Lipinski definition) is 1. The number of ether oxygens (including phenoxy) is 2. The Morgan fingerprint density at radius 1 is 1.00 bits per heavy atom. The Morgan fingerprint density at radius 2 is 1.74 bits per heavy atom. The Kier molecular flexibility index (Phi) is 11.7. The lowest BCUT2D eigenvalue weighted by molar-refractivity contribution is -0.133. The molecule has 1 aromatic heterocycles. The number of rotatable bonds is 14. The van der Waals surface area contributed by atoms with Crippen molar-refractivity contribution in [3.05, 3.63) is 83.1 Å². The Morgan fingerprint density at radius 3 is 2.41 bits per heavy atom. The van der Waals surface area contributed by atoms with E-state index in [9.17, 15) is 9.59 Å². The fourth-order valence-corrected chi connectivity index (χ4v) is 4.44. The van der Waals surface area contributed by atoms with Crippen molar-refractivity contribution in [2.75, 3.05) is 45.8 Å². The average molecular weight is 555 g/mol. The molecule has 210 valence electrons. The van der Waals surface area contributed by atoms with Crippen LogP contribution < -0.4 is 10.1 Å². The van der Waals surface area contributed by atoms with Crippen LogP contribution in [0.4, 0.5) is 10.5 Å². The fourth-order valence-electron chi connectivity index (χ4n) is 4.24. The number of methoxy groups -OCH3 is 2. The number of amides is 3. The maximum Gasteiger partial charge on any atom is 0.322 e. The SMILES string of the molecule is COCCCN(CC(=O)N(Cc1cccn1Cc1ccccc1Cl)CC(C)C)C(=O)Nc1ccc(OC)cc1. The number of benzene rings is 2. The zero-order valence-electron chi connectivity index (χ0n) is 23.2. The summed E-state index contributed by atoms with van der Waals surface area (Å²) in [5.74, 6) is 0.844. The van der Waals surface area contributed by atoms with Gasteiger partial charge in [0, 0.05) is 56.0 Å². The summed E-state index contributed by atoms with van der Waals surface area (Å²) >= 11 is 6.39. The van der Waals surface area contributed by atoms with Crippen molar-refractivity contribution in [2.45, 2.75) is 33.4 Å². The highest BCUT2D eigenvalue weighted by molar-refractivity contribution is 6.31. The number of nitrogens with zero attached hydrogens (tertiary/aromatic N) is 3. The van der Waals surface area contributed by atoms with Gasteiger partial charge < -0.3 is 29.2 Å². The van der Waals surface area contributed by atoms with Gasteiger partial charge >= 0.3 is 6.03 Å². The molecule has 0 fully saturated rings. The average Bonchev–Trinajstić information content (AvgIpc) is 3.35. The van der Waals surface area contributed by atoms with Crippen LogP contribution in [0.5, 0.6) is 5.75 Å². The maximum absolute atomic E-state index is 13.6. The minimum Gasteiger partial charge on any atom is -0.497 e. The van der Waals surface area contributed by atoms with E-state index in [1.54, 1.807) is 43.4 Å². The van der Waals surface area contributed by atoms with E-state index < -0.39 is 0 Å². The quantitative estimate of drug-likeness (QED) is 0.257. The van der Waals surface area contributed by atoms with Gasteiger partial charge in [-0.2, -0.15) is 0 Å². The van der Waals surface area contributed by atoms with Crippen LogP contribution >= 0.6 is 11.6 Å². The van der Waals surface area contributed by atoms with Crippen molar-refractivity contribution in [1.82, 2.24) is 14.4 Å². The van der Waals surface area contributed by atoms with E-state index in [2.05, 4.69) is 23.7 Å². The predicted molar refractivity (Wildman–Crippen MR) is 155 cm³/mol. The highest BCUT2D eigenvalue weighted by Crippen LogP contribution is 2.19. The van der Waals surface area contributed by atoms with Crippen LogP contribution in [0.1, 0.15) is 31.5 Å². The first kappa shape index (κ1) is 30.1. The zero-order chi connectivity index (χ0) is 28.2. The van der Waals surface area contributed by atoms with E-state index in [-0.39, 0.29) is 24.4 Å². The zero-order valence-corrected chi connectivity index (χ0v) is 24.0. The van der Waals surface area contributed by atoms with Gasteiger partial charge in [0.2, 0.25) is 5.91 Å². The standard InChI is InChI=1S/C30H39ClN4O4/c1-23(2)19-35(21-26-10-7-16-33(26)20-24-9-5-6-11-28(24)31)29(36)22-34(17-8-18-38-3)30(37)32-25-12-14-27(39-4)15-13-25/h5-7,9-16,23H,8,17-22H2,1-4H3,(H,32,37). The molecule has 8 nitrogen and oxygen atoms in total. The first-order chi connectivity index (χ1) is 18.8. The molecular formula is C30H39ClN4O4. The highest BCUT2D eigenvalue weighted by atomic mass is 35.5. The van der Waals surface area contributed by atoms with Gasteiger partial charge in [-0.1, -0.05) is 43.6 Å². The molecule has 9 heteroatoms. The molecule has 0 saturated carbocycles. The Hall–Kier alpha value is -3.49. The lowest BCUT2D eigenvalue weighted by Crippen LogP contribution is -2.46. The molecule has 3 aromatic rings. The molecule has 3 rings (SSSR count). The number of aromatic nitrogens is 1. The van der Waals surface area contributed by atoms with E-state index in [0.717, 1.165) is 11.3 Å². The number of anilines is 1. The summed E-state index contributed by atoms with van der Waals surface area (Å²) < 4.78 is 12.5. The molecule has 3 amide bonds. The van der Waals surface area contributed by atoms with Gasteiger partial charge in [0.25, 0.3) is 0 Å². The van der Waals surface area contributed by atoms with Gasteiger partial charge in [-0.15, -0.1) is 0 Å². The summed E-state index contributed by atoms with van der Waals surface area (Å²) in [7, 11) is 3.21. The topological polar surface area (TPSA) is 76.0 Å². The predicted octanol–water partition coefficient (Wildman–Crippen LogP) is 5.75. The van der Waals surface area contributed by atoms with Crippen molar-refractivity contribution in [1.29, 1.82) is 0 Å². The van der Waals surface area contributed by atoms with Crippen molar-refractivity contribution < 1.29 is 19.1 Å². The van der Waals surface area contributed by atoms with E-state index in [1.165, 1.54) is 0 Å². The summed E-state index contributed by atoms with van der Waals surface area (Å²) in [5.41, 5.74) is 2.64. The summed E-state index contributed by atoms with van der Waals surface area (Å²) in [5, 5.41) is 3.61. The first-order valence-corrected chi connectivity index (χ1v) is 13.5. The van der Waals surface area contributed by atoms with Crippen LogP contribution in [0, 0.1) is 5.92 Å². The molecule has 0 radical (unpaired) electrons. The second-order valence-corrected chi connectivity index (χ2v) is 10.2. The summed E-state index contributed by atoms with van der Waals surface area (Å²) in [6, 6.07) is 18.5. The lowest BCUT2D eigenvalue weighted by atomic mass is 10.2. The van der Waals surface area contributed by atoms with Gasteiger partial charge in [0.15, 0.2) is 0 Å². The molecule has 39 heavy (non-hydrogen) atoms. The van der Waals surface area contributed by atoms with E-state index in [0.29, 0.717) is 55.7 Å². The number of carbonyl (C=O) groups is 2. The number of carbonyl (C=O) groups excluding carboxylic acids is 2. The molecule has 0 aliphatic heterocycles. The van der Waals surface area contributed by atoms with Crippen molar-refractivity contribution in [3.8, 4) is 5.75 Å². The largest absolute Gasteiger partial charge is 0.497 e. The van der Waals surface area contributed by atoms with Gasteiger partial charge in [0.1, 0.15) is 12.3 Å². The second kappa shape index (κ2) is 15.2. The van der Waals surface area contributed by atoms with Crippen LogP contribution in [-0.2, 0) is 22.6 Å². The van der Waals surface area contributed by atoms with Crippen LogP contribution in [0.25, 0.3) is 0 Å². The van der Waals surface area contributed by atoms with Gasteiger partial charge in [-0.25, -0.2) is 4.79 Å². The third-order valence-electron chi connectivity index (χ3n) is 6.24. The summed E-state index contributed by atoms with van der Waals surface area (Å²) in [4.78, 5) is 30.2. The third-order valence-corrected chi connectivity index (χ3v) is 6.61. The van der Waals surface area contributed by atoms with E-state index >= 15 is 0 Å². The van der Waals surface area contributed by atoms with Crippen molar-refractivity contribution in [2.24, 2.45) is 5.92 Å². The molecule has 2 aromatic carbocycles. The fraction of sp³-hybridized carbons (Fsp3) is 0.400. The molecule has 0 aliphatic carbocycles. The Bertz CT molecular complexity index is 1200. The van der Waals surface area contributed by atoms with Gasteiger partial charge in [0.05, 0.1) is 13.7 Å². The molecule has 0 unspecified atom stereocenters. The number of hydrogen-bond acceptors (Lipinski definition) is 4. The molecule has 1 N–H and O–H groups in total. The molecule has 0 atom stereocenters. The Balaban J connectivity index is 1.74. The van der Waals surface area contributed by atoms with E-state index in [4.69, 9.17) is 21.1 Å². The third kappa shape index (κ3) is 9.33. The van der Waals surface area contributed by atoms with Crippen molar-refractivity contribution in [3.63, 3.8) is 0 Å². The highest BCUT2D eigenvalue weighted by Gasteiger charge is 2.23. The lowest BCUT2D eigenvalue weighted by Gasteiger charge is -2.29. The number of halogens is 1. The van der Waals surface area contributed by atoms with Crippen LogP contribution in [-0.4, -0.2) is 66.8 Å². The molecule has 0 bridgehead atoms. The molecular weight excluding hydrogens is 516 g/mol.